The zero-order chi connectivity index (χ0) is 8.65. The highest BCUT2D eigenvalue weighted by atomic mass is 16.4. The number of aliphatic carboxylic acids is 1. The summed E-state index contributed by atoms with van der Waals surface area (Å²) in [7, 11) is 0. The molecule has 1 aliphatic carbocycles. The summed E-state index contributed by atoms with van der Waals surface area (Å²) in [4.78, 5) is 10.5. The summed E-state index contributed by atoms with van der Waals surface area (Å²) in [5, 5.41) is 18.1. The Morgan fingerprint density at radius 1 is 1.55 bits per heavy atom. The summed E-state index contributed by atoms with van der Waals surface area (Å²) in [6.45, 7) is 3.48. The summed E-state index contributed by atoms with van der Waals surface area (Å²) in [5.74, 6) is -1.55. The Hall–Kier alpha value is -0.570. The van der Waals surface area contributed by atoms with Gasteiger partial charge in [0, 0.05) is 0 Å². The molecule has 11 heavy (non-hydrogen) atoms. The van der Waals surface area contributed by atoms with Gasteiger partial charge >= 0.3 is 5.97 Å². The van der Waals surface area contributed by atoms with Crippen LogP contribution in [0.1, 0.15) is 26.7 Å². The zero-order valence-electron chi connectivity index (χ0n) is 6.87. The minimum absolute atomic E-state index is 0.113. The third-order valence-electron chi connectivity index (χ3n) is 2.62. The monoisotopic (exact) mass is 158 g/mol. The van der Waals surface area contributed by atoms with Gasteiger partial charge in [0.15, 0.2) is 0 Å². The van der Waals surface area contributed by atoms with E-state index >= 15 is 0 Å². The maximum atomic E-state index is 10.5. The van der Waals surface area contributed by atoms with Gasteiger partial charge in [0.05, 0.1) is 12.0 Å². The number of carboxylic acids is 1. The van der Waals surface area contributed by atoms with Gasteiger partial charge in [0.25, 0.3) is 0 Å². The van der Waals surface area contributed by atoms with Gasteiger partial charge in [-0.1, -0.05) is 6.92 Å². The van der Waals surface area contributed by atoms with Gasteiger partial charge in [0.2, 0.25) is 0 Å². The Balaban J connectivity index is 2.53. The van der Waals surface area contributed by atoms with Crippen molar-refractivity contribution in [2.45, 2.75) is 32.8 Å². The van der Waals surface area contributed by atoms with Crippen molar-refractivity contribution >= 4 is 5.97 Å². The van der Waals surface area contributed by atoms with Crippen LogP contribution in [0.25, 0.3) is 0 Å². The molecule has 2 N–H and O–H groups in total. The summed E-state index contributed by atoms with van der Waals surface area (Å²) < 4.78 is 0. The van der Waals surface area contributed by atoms with Crippen LogP contribution < -0.4 is 0 Å². The van der Waals surface area contributed by atoms with Gasteiger partial charge in [-0.2, -0.15) is 0 Å². The van der Waals surface area contributed by atoms with E-state index in [2.05, 4.69) is 0 Å². The highest BCUT2D eigenvalue weighted by molar-refractivity contribution is 5.70. The quantitative estimate of drug-likeness (QED) is 0.640. The van der Waals surface area contributed by atoms with Crippen LogP contribution in [0, 0.1) is 11.3 Å². The normalized spacial score (nSPS) is 25.7. The lowest BCUT2D eigenvalue weighted by atomic mass is 9.91. The van der Waals surface area contributed by atoms with Crippen molar-refractivity contribution in [3.8, 4) is 0 Å². The summed E-state index contributed by atoms with van der Waals surface area (Å²) in [5.41, 5.74) is -0.113. The molecule has 0 saturated heterocycles. The number of hydrogen-bond acceptors (Lipinski definition) is 2. The lowest BCUT2D eigenvalue weighted by Crippen LogP contribution is -2.32. The SMILES string of the molecule is CC(C(=O)O)C(O)C1(C)CC1. The first-order chi connectivity index (χ1) is 4.97. The van der Waals surface area contributed by atoms with E-state index in [0.29, 0.717) is 0 Å². The van der Waals surface area contributed by atoms with Crippen LogP contribution in [0.5, 0.6) is 0 Å². The topological polar surface area (TPSA) is 57.5 Å². The lowest BCUT2D eigenvalue weighted by Gasteiger charge is -2.20. The lowest BCUT2D eigenvalue weighted by molar-refractivity contribution is -0.146. The van der Waals surface area contributed by atoms with E-state index in [1.807, 2.05) is 6.92 Å². The van der Waals surface area contributed by atoms with E-state index < -0.39 is 18.0 Å². The van der Waals surface area contributed by atoms with Crippen LogP contribution >= 0.6 is 0 Å². The fraction of sp³-hybridized carbons (Fsp3) is 0.875. The highest BCUT2D eigenvalue weighted by Gasteiger charge is 2.47. The summed E-state index contributed by atoms with van der Waals surface area (Å²) in [6, 6.07) is 0. The van der Waals surface area contributed by atoms with Crippen molar-refractivity contribution in [3.63, 3.8) is 0 Å². The minimum Gasteiger partial charge on any atom is -0.481 e. The summed E-state index contributed by atoms with van der Waals surface area (Å²) >= 11 is 0. The molecule has 0 heterocycles. The first-order valence-corrected chi connectivity index (χ1v) is 3.88. The molecular weight excluding hydrogens is 144 g/mol. The van der Waals surface area contributed by atoms with Gasteiger partial charge in [-0.05, 0) is 25.2 Å². The largest absolute Gasteiger partial charge is 0.481 e. The third kappa shape index (κ3) is 1.53. The van der Waals surface area contributed by atoms with Crippen LogP contribution in [0.2, 0.25) is 0 Å². The fourth-order valence-corrected chi connectivity index (χ4v) is 1.23. The van der Waals surface area contributed by atoms with E-state index in [9.17, 15) is 9.90 Å². The molecule has 0 spiro atoms. The Morgan fingerprint density at radius 3 is 2.27 bits per heavy atom. The molecule has 2 atom stereocenters. The maximum Gasteiger partial charge on any atom is 0.308 e. The van der Waals surface area contributed by atoms with E-state index in [-0.39, 0.29) is 5.41 Å². The molecule has 2 unspecified atom stereocenters. The van der Waals surface area contributed by atoms with Crippen LogP contribution in [0.3, 0.4) is 0 Å². The fourth-order valence-electron chi connectivity index (χ4n) is 1.23. The van der Waals surface area contributed by atoms with Gasteiger partial charge in [-0.15, -0.1) is 0 Å². The van der Waals surface area contributed by atoms with Crippen LogP contribution in [0.4, 0.5) is 0 Å². The number of hydrogen-bond donors (Lipinski definition) is 2. The first kappa shape index (κ1) is 8.53. The van der Waals surface area contributed by atoms with E-state index in [1.165, 1.54) is 0 Å². The molecule has 1 saturated carbocycles. The van der Waals surface area contributed by atoms with Crippen molar-refractivity contribution < 1.29 is 15.0 Å². The molecule has 3 heteroatoms. The second-order valence-electron chi connectivity index (χ2n) is 3.73. The molecule has 1 fully saturated rings. The molecule has 1 rings (SSSR count). The molecule has 0 aromatic heterocycles. The molecule has 0 aliphatic heterocycles. The maximum absolute atomic E-state index is 10.5. The average molecular weight is 158 g/mol. The van der Waals surface area contributed by atoms with Crippen LogP contribution in [0.15, 0.2) is 0 Å². The van der Waals surface area contributed by atoms with E-state index in [1.54, 1.807) is 6.92 Å². The minimum atomic E-state index is -0.911. The van der Waals surface area contributed by atoms with Gasteiger partial charge < -0.3 is 10.2 Å². The van der Waals surface area contributed by atoms with Crippen LogP contribution in [-0.2, 0) is 4.79 Å². The zero-order valence-corrected chi connectivity index (χ0v) is 6.87. The van der Waals surface area contributed by atoms with E-state index in [4.69, 9.17) is 5.11 Å². The second-order valence-corrected chi connectivity index (χ2v) is 3.73. The van der Waals surface area contributed by atoms with Crippen molar-refractivity contribution in [1.82, 2.24) is 0 Å². The highest BCUT2D eigenvalue weighted by Crippen LogP contribution is 2.50. The molecule has 64 valence electrons. The number of aliphatic hydroxyl groups is 1. The van der Waals surface area contributed by atoms with Crippen LogP contribution in [-0.4, -0.2) is 22.3 Å². The third-order valence-corrected chi connectivity index (χ3v) is 2.62. The number of carboxylic acid groups (broad SMARTS) is 1. The van der Waals surface area contributed by atoms with Crippen molar-refractivity contribution in [3.05, 3.63) is 0 Å². The van der Waals surface area contributed by atoms with Gasteiger partial charge in [-0.3, -0.25) is 4.79 Å². The van der Waals surface area contributed by atoms with E-state index in [0.717, 1.165) is 12.8 Å². The molecule has 0 bridgehead atoms. The molecular formula is C8H14O3. The van der Waals surface area contributed by atoms with Crippen molar-refractivity contribution in [2.24, 2.45) is 11.3 Å². The Morgan fingerprint density at radius 2 is 2.00 bits per heavy atom. The van der Waals surface area contributed by atoms with Crippen molar-refractivity contribution in [1.29, 1.82) is 0 Å². The second kappa shape index (κ2) is 2.48. The molecule has 3 nitrogen and oxygen atoms in total. The predicted molar refractivity (Wildman–Crippen MR) is 40.1 cm³/mol. The van der Waals surface area contributed by atoms with Gasteiger partial charge in [-0.25, -0.2) is 0 Å². The van der Waals surface area contributed by atoms with Crippen molar-refractivity contribution in [2.75, 3.05) is 0 Å². The molecule has 0 radical (unpaired) electrons. The summed E-state index contributed by atoms with van der Waals surface area (Å²) in [6.07, 6.45) is 1.22. The standard InChI is InChI=1S/C8H14O3/c1-5(7(10)11)6(9)8(2)3-4-8/h5-6,9H,3-4H2,1-2H3,(H,10,11). The first-order valence-electron chi connectivity index (χ1n) is 3.88. The number of carbonyl (C=O) groups is 1. The number of aliphatic hydroxyl groups excluding tert-OH is 1. The Labute approximate surface area is 66.0 Å². The Kier molecular flexibility index (Phi) is 1.92. The predicted octanol–water partition coefficient (Wildman–Crippen LogP) is 0.868. The molecule has 0 aromatic carbocycles. The molecule has 1 aliphatic rings. The van der Waals surface area contributed by atoms with Gasteiger partial charge in [0.1, 0.15) is 0 Å². The number of rotatable bonds is 3. The average Bonchev–Trinajstić information content (AvgIpc) is 2.66. The molecule has 0 aromatic rings. The Bertz CT molecular complexity index is 172. The smallest absolute Gasteiger partial charge is 0.308 e. The molecule has 0 amide bonds.